The van der Waals surface area contributed by atoms with E-state index < -0.39 is 5.82 Å². The average molecular weight is 438 g/mol. The van der Waals surface area contributed by atoms with Gasteiger partial charge in [-0.05, 0) is 35.8 Å². The van der Waals surface area contributed by atoms with E-state index in [1.165, 1.54) is 24.4 Å². The van der Waals surface area contributed by atoms with Gasteiger partial charge in [0.1, 0.15) is 11.6 Å². The summed E-state index contributed by atoms with van der Waals surface area (Å²) in [5.41, 5.74) is 2.26. The molecule has 9 heteroatoms. The number of H-pyrrole nitrogens is 1. The number of nitrogens with one attached hydrogen (secondary N) is 2. The first-order valence-corrected chi connectivity index (χ1v) is 10.3. The van der Waals surface area contributed by atoms with Gasteiger partial charge in [0, 0.05) is 31.4 Å². The van der Waals surface area contributed by atoms with E-state index in [9.17, 15) is 14.0 Å². The number of aromatic amines is 1. The molecular weight excluding hydrogens is 419 g/mol. The summed E-state index contributed by atoms with van der Waals surface area (Å²) in [5, 5.41) is 3.51. The third-order valence-electron chi connectivity index (χ3n) is 4.73. The summed E-state index contributed by atoms with van der Waals surface area (Å²) >= 11 is 1.14. The first-order valence-electron chi connectivity index (χ1n) is 9.50. The Hall–Kier alpha value is -3.72. The lowest BCUT2D eigenvalue weighted by molar-refractivity contribution is -0.114. The Morgan fingerprint density at radius 2 is 2.19 bits per heavy atom. The van der Waals surface area contributed by atoms with E-state index in [2.05, 4.69) is 21.9 Å². The van der Waals surface area contributed by atoms with Gasteiger partial charge in [-0.25, -0.2) is 9.37 Å². The molecule has 0 spiro atoms. The van der Waals surface area contributed by atoms with Gasteiger partial charge >= 0.3 is 0 Å². The fraction of sp³-hybridized carbons (Fsp3) is 0.136. The third kappa shape index (κ3) is 5.07. The van der Waals surface area contributed by atoms with Gasteiger partial charge < -0.3 is 14.6 Å². The number of ether oxygens (including phenoxy) is 1. The van der Waals surface area contributed by atoms with Crippen LogP contribution in [0, 0.1) is 5.82 Å². The van der Waals surface area contributed by atoms with Crippen molar-refractivity contribution >= 4 is 27.9 Å². The van der Waals surface area contributed by atoms with Crippen LogP contribution in [0.15, 0.2) is 71.9 Å². The Bertz CT molecular complexity index is 1200. The predicted octanol–water partition coefficient (Wildman–Crippen LogP) is 4.00. The number of rotatable bonds is 6. The highest BCUT2D eigenvalue weighted by molar-refractivity contribution is 7.17. The van der Waals surface area contributed by atoms with Gasteiger partial charge in [-0.2, -0.15) is 0 Å². The van der Waals surface area contributed by atoms with E-state index in [0.29, 0.717) is 34.7 Å². The van der Waals surface area contributed by atoms with Crippen molar-refractivity contribution < 1.29 is 13.9 Å². The number of thiazole rings is 1. The van der Waals surface area contributed by atoms with Crippen molar-refractivity contribution in [2.75, 3.05) is 18.4 Å². The second-order valence-corrected chi connectivity index (χ2v) is 7.80. The van der Waals surface area contributed by atoms with Crippen LogP contribution in [0.1, 0.15) is 12.0 Å². The molecule has 1 aliphatic rings. The number of benzene rings is 1. The zero-order chi connectivity index (χ0) is 21.8. The molecule has 2 N–H and O–H groups in total. The third-order valence-corrected chi connectivity index (χ3v) is 5.52. The molecule has 3 aromatic rings. The van der Waals surface area contributed by atoms with E-state index in [1.54, 1.807) is 24.4 Å². The number of hydrogen-bond donors (Lipinski definition) is 2. The fourth-order valence-corrected chi connectivity index (χ4v) is 3.79. The quantitative estimate of drug-likeness (QED) is 0.568. The largest absolute Gasteiger partial charge is 0.445 e. The minimum Gasteiger partial charge on any atom is -0.445 e. The van der Waals surface area contributed by atoms with Crippen molar-refractivity contribution in [2.45, 2.75) is 6.42 Å². The first-order chi connectivity index (χ1) is 15.0. The molecule has 2 aromatic heterocycles. The Labute approximate surface area is 181 Å². The second-order valence-electron chi connectivity index (χ2n) is 6.81. The van der Waals surface area contributed by atoms with E-state index in [1.807, 2.05) is 11.0 Å². The van der Waals surface area contributed by atoms with Gasteiger partial charge in [0.2, 0.25) is 10.6 Å². The molecule has 0 atom stereocenters. The molecule has 158 valence electrons. The molecule has 0 bridgehead atoms. The monoisotopic (exact) mass is 438 g/mol. The molecule has 0 radical (unpaired) electrons. The lowest BCUT2D eigenvalue weighted by atomic mass is 10.0. The molecule has 0 aliphatic carbocycles. The minimum absolute atomic E-state index is 0.140. The smallest absolute Gasteiger partial charge is 0.273 e. The zero-order valence-electron chi connectivity index (χ0n) is 16.4. The van der Waals surface area contributed by atoms with Crippen molar-refractivity contribution in [2.24, 2.45) is 0 Å². The maximum atomic E-state index is 13.3. The number of halogens is 1. The van der Waals surface area contributed by atoms with Gasteiger partial charge in [0.25, 0.3) is 5.91 Å². The van der Waals surface area contributed by atoms with Crippen LogP contribution in [0.25, 0.3) is 5.57 Å². The number of carbonyl (C=O) groups is 1. The second kappa shape index (κ2) is 8.97. The maximum absolute atomic E-state index is 13.3. The molecular formula is C22H19FN4O3S. The molecule has 1 amide bonds. The number of amides is 1. The lowest BCUT2D eigenvalue weighted by Crippen LogP contribution is -2.33. The van der Waals surface area contributed by atoms with Crippen molar-refractivity contribution in [3.63, 3.8) is 0 Å². The zero-order valence-corrected chi connectivity index (χ0v) is 17.2. The summed E-state index contributed by atoms with van der Waals surface area (Å²) in [6, 6.07) is 9.06. The molecule has 0 unspecified atom stereocenters. The number of aromatic nitrogens is 2. The SMILES string of the molecule is C=C(C(=O)Nc1ncc(Oc2cccc(F)c2)s1)N1CC=C(c2ccc(=O)[nH]c2)CC1. The average Bonchev–Trinajstić information content (AvgIpc) is 3.20. The molecule has 4 rings (SSSR count). The highest BCUT2D eigenvalue weighted by atomic mass is 32.1. The van der Waals surface area contributed by atoms with Crippen LogP contribution in [0.2, 0.25) is 0 Å². The topological polar surface area (TPSA) is 87.3 Å². The van der Waals surface area contributed by atoms with Crippen LogP contribution in [0.4, 0.5) is 9.52 Å². The summed E-state index contributed by atoms with van der Waals surface area (Å²) in [6.45, 7) is 5.07. The Balaban J connectivity index is 1.34. The summed E-state index contributed by atoms with van der Waals surface area (Å²) < 4.78 is 18.8. The van der Waals surface area contributed by atoms with Crippen LogP contribution < -0.4 is 15.6 Å². The van der Waals surface area contributed by atoms with E-state index in [0.717, 1.165) is 28.9 Å². The molecule has 0 saturated carbocycles. The standard InChI is InChI=1S/C22H19FN4O3S/c1-14(27-9-7-15(8-10-27)16-5-6-19(28)24-12-16)21(29)26-22-25-13-20(31-22)30-18-4-2-3-17(23)11-18/h2-7,11-13H,1,8-10H2,(H,24,28)(H,25,26,29). The van der Waals surface area contributed by atoms with Gasteiger partial charge in [-0.3, -0.25) is 14.9 Å². The fourth-order valence-electron chi connectivity index (χ4n) is 3.11. The van der Waals surface area contributed by atoms with Gasteiger partial charge in [0.15, 0.2) is 5.13 Å². The summed E-state index contributed by atoms with van der Waals surface area (Å²) in [7, 11) is 0. The summed E-state index contributed by atoms with van der Waals surface area (Å²) in [5.74, 6) is -0.400. The molecule has 31 heavy (non-hydrogen) atoms. The van der Waals surface area contributed by atoms with E-state index in [4.69, 9.17) is 4.74 Å². The summed E-state index contributed by atoms with van der Waals surface area (Å²) in [4.78, 5) is 32.5. The Morgan fingerprint density at radius 3 is 2.90 bits per heavy atom. The van der Waals surface area contributed by atoms with Crippen LogP contribution in [0.3, 0.4) is 0 Å². The predicted molar refractivity (Wildman–Crippen MR) is 118 cm³/mol. The Morgan fingerprint density at radius 1 is 1.32 bits per heavy atom. The highest BCUT2D eigenvalue weighted by Gasteiger charge is 2.20. The number of pyridine rings is 1. The molecule has 0 saturated heterocycles. The van der Waals surface area contributed by atoms with Gasteiger partial charge in [-0.1, -0.05) is 30.1 Å². The number of nitrogens with zero attached hydrogens (tertiary/aromatic N) is 2. The number of carbonyl (C=O) groups excluding carboxylic acids is 1. The normalized spacial score (nSPS) is 13.5. The van der Waals surface area contributed by atoms with Crippen LogP contribution >= 0.6 is 11.3 Å². The lowest BCUT2D eigenvalue weighted by Gasteiger charge is -2.29. The first kappa shape index (κ1) is 20.5. The maximum Gasteiger partial charge on any atom is 0.273 e. The van der Waals surface area contributed by atoms with Crippen LogP contribution in [-0.4, -0.2) is 33.9 Å². The van der Waals surface area contributed by atoms with Crippen molar-refractivity contribution in [3.05, 3.63) is 88.9 Å². The van der Waals surface area contributed by atoms with E-state index >= 15 is 0 Å². The van der Waals surface area contributed by atoms with Crippen LogP contribution in [-0.2, 0) is 4.79 Å². The molecule has 1 aromatic carbocycles. The summed E-state index contributed by atoms with van der Waals surface area (Å²) in [6.07, 6.45) is 5.90. The van der Waals surface area contributed by atoms with Crippen molar-refractivity contribution in [1.29, 1.82) is 0 Å². The van der Waals surface area contributed by atoms with E-state index in [-0.39, 0.29) is 11.5 Å². The van der Waals surface area contributed by atoms with Gasteiger partial charge in [-0.15, -0.1) is 0 Å². The van der Waals surface area contributed by atoms with Crippen molar-refractivity contribution in [1.82, 2.24) is 14.9 Å². The molecule has 7 nitrogen and oxygen atoms in total. The molecule has 3 heterocycles. The number of hydrogen-bond acceptors (Lipinski definition) is 6. The van der Waals surface area contributed by atoms with Gasteiger partial charge in [0.05, 0.1) is 11.9 Å². The number of anilines is 1. The highest BCUT2D eigenvalue weighted by Crippen LogP contribution is 2.31. The Kier molecular flexibility index (Phi) is 5.94. The molecule has 1 aliphatic heterocycles. The molecule has 0 fully saturated rings. The van der Waals surface area contributed by atoms with Crippen LogP contribution in [0.5, 0.6) is 10.8 Å². The minimum atomic E-state index is -0.397. The van der Waals surface area contributed by atoms with Crippen molar-refractivity contribution in [3.8, 4) is 10.8 Å².